The number of tetrazole rings is 1. The van der Waals surface area contributed by atoms with Crippen LogP contribution in [0, 0.1) is 0 Å². The second-order valence-electron chi connectivity index (χ2n) is 6.23. The van der Waals surface area contributed by atoms with Crippen molar-refractivity contribution in [3.05, 3.63) is 66.2 Å². The van der Waals surface area contributed by atoms with E-state index in [-0.39, 0.29) is 5.91 Å². The molecule has 0 radical (unpaired) electrons. The molecule has 27 heavy (non-hydrogen) atoms. The summed E-state index contributed by atoms with van der Waals surface area (Å²) in [4.78, 5) is 19.3. The van der Waals surface area contributed by atoms with Gasteiger partial charge < -0.3 is 9.47 Å². The number of hydrogen-bond acceptors (Lipinski definition) is 5. The number of para-hydroxylation sites is 2. The van der Waals surface area contributed by atoms with Gasteiger partial charge in [0.25, 0.3) is 5.91 Å². The molecular formula is C19H19N7O. The maximum absolute atomic E-state index is 12.9. The fourth-order valence-electron chi connectivity index (χ4n) is 3.16. The lowest BCUT2D eigenvalue weighted by Crippen LogP contribution is -2.27. The Bertz CT molecular complexity index is 1080. The van der Waals surface area contributed by atoms with Gasteiger partial charge in [-0.25, -0.2) is 9.67 Å². The Balaban J connectivity index is 1.59. The summed E-state index contributed by atoms with van der Waals surface area (Å²) in [5.74, 6) is 0.783. The van der Waals surface area contributed by atoms with Crippen LogP contribution in [0.5, 0.6) is 0 Å². The van der Waals surface area contributed by atoms with Gasteiger partial charge in [0.2, 0.25) is 0 Å². The lowest BCUT2D eigenvalue weighted by molar-refractivity contribution is 0.0780. The van der Waals surface area contributed by atoms with Crippen molar-refractivity contribution >= 4 is 16.9 Å². The molecule has 136 valence electrons. The highest BCUT2D eigenvalue weighted by atomic mass is 16.2. The van der Waals surface area contributed by atoms with Crippen LogP contribution >= 0.6 is 0 Å². The Morgan fingerprint density at radius 3 is 2.78 bits per heavy atom. The average Bonchev–Trinajstić information content (AvgIpc) is 3.35. The van der Waals surface area contributed by atoms with Crippen molar-refractivity contribution in [3.8, 4) is 5.69 Å². The molecular weight excluding hydrogens is 342 g/mol. The highest BCUT2D eigenvalue weighted by molar-refractivity contribution is 5.94. The summed E-state index contributed by atoms with van der Waals surface area (Å²) >= 11 is 0. The minimum atomic E-state index is -0.0837. The maximum Gasteiger partial charge on any atom is 0.254 e. The molecule has 0 N–H and O–H groups in total. The highest BCUT2D eigenvalue weighted by Crippen LogP contribution is 2.18. The quantitative estimate of drug-likeness (QED) is 0.545. The van der Waals surface area contributed by atoms with Gasteiger partial charge in [-0.1, -0.05) is 18.2 Å². The van der Waals surface area contributed by atoms with E-state index in [0.717, 1.165) is 29.1 Å². The number of nitrogens with zero attached hydrogens (tertiary/aromatic N) is 7. The standard InChI is InChI=1S/C19H19N7O/c1-3-25-17-10-5-4-9-16(17)21-18(25)12-24(2)19(27)14-7-6-8-15(11-14)26-13-20-22-23-26/h4-11,13H,3,12H2,1-2H3. The third kappa shape index (κ3) is 3.17. The molecule has 0 spiro atoms. The Kier molecular flexibility index (Phi) is 4.37. The molecule has 0 aliphatic rings. The fraction of sp³-hybridized carbons (Fsp3) is 0.211. The third-order valence-electron chi connectivity index (χ3n) is 4.48. The van der Waals surface area contributed by atoms with Gasteiger partial charge in [0.15, 0.2) is 0 Å². The van der Waals surface area contributed by atoms with Crippen LogP contribution in [0.3, 0.4) is 0 Å². The number of carbonyl (C=O) groups excluding carboxylic acids is 1. The predicted octanol–water partition coefficient (Wildman–Crippen LogP) is 2.30. The zero-order valence-electron chi connectivity index (χ0n) is 15.1. The van der Waals surface area contributed by atoms with E-state index in [9.17, 15) is 4.79 Å². The van der Waals surface area contributed by atoms with Crippen molar-refractivity contribution in [2.24, 2.45) is 0 Å². The number of fused-ring (bicyclic) bond motifs is 1. The van der Waals surface area contributed by atoms with E-state index in [2.05, 4.69) is 27.0 Å². The molecule has 2 heterocycles. The zero-order valence-corrected chi connectivity index (χ0v) is 15.1. The molecule has 0 fully saturated rings. The lowest BCUT2D eigenvalue weighted by atomic mass is 10.2. The Morgan fingerprint density at radius 2 is 2.00 bits per heavy atom. The number of benzene rings is 2. The maximum atomic E-state index is 12.9. The van der Waals surface area contributed by atoms with Crippen LogP contribution in [-0.2, 0) is 13.1 Å². The number of aryl methyl sites for hydroxylation is 1. The van der Waals surface area contributed by atoms with Gasteiger partial charge in [-0.05, 0) is 47.7 Å². The number of carbonyl (C=O) groups is 1. The van der Waals surface area contributed by atoms with E-state index in [1.807, 2.05) is 36.4 Å². The smallest absolute Gasteiger partial charge is 0.254 e. The summed E-state index contributed by atoms with van der Waals surface area (Å²) < 4.78 is 3.66. The Labute approximate surface area is 156 Å². The van der Waals surface area contributed by atoms with Gasteiger partial charge in [0, 0.05) is 19.2 Å². The molecule has 0 saturated carbocycles. The minimum absolute atomic E-state index is 0.0837. The lowest BCUT2D eigenvalue weighted by Gasteiger charge is -2.18. The number of rotatable bonds is 5. The van der Waals surface area contributed by atoms with E-state index in [1.54, 1.807) is 24.1 Å². The van der Waals surface area contributed by atoms with Crippen LogP contribution in [0.1, 0.15) is 23.1 Å². The van der Waals surface area contributed by atoms with Crippen LogP contribution in [0.2, 0.25) is 0 Å². The van der Waals surface area contributed by atoms with Crippen LogP contribution in [0.25, 0.3) is 16.7 Å². The molecule has 8 nitrogen and oxygen atoms in total. The first-order valence-electron chi connectivity index (χ1n) is 8.70. The van der Waals surface area contributed by atoms with Crippen molar-refractivity contribution in [3.63, 3.8) is 0 Å². The van der Waals surface area contributed by atoms with Crippen molar-refractivity contribution < 1.29 is 4.79 Å². The summed E-state index contributed by atoms with van der Waals surface area (Å²) in [5.41, 5.74) is 3.33. The van der Waals surface area contributed by atoms with Crippen LogP contribution in [0.15, 0.2) is 54.9 Å². The monoisotopic (exact) mass is 361 g/mol. The molecule has 2 aromatic heterocycles. The number of hydrogen-bond donors (Lipinski definition) is 0. The van der Waals surface area contributed by atoms with Gasteiger partial charge in [0.1, 0.15) is 12.2 Å². The predicted molar refractivity (Wildman–Crippen MR) is 100 cm³/mol. The summed E-state index contributed by atoms with van der Waals surface area (Å²) in [7, 11) is 1.78. The third-order valence-corrected chi connectivity index (χ3v) is 4.48. The largest absolute Gasteiger partial charge is 0.334 e. The van der Waals surface area contributed by atoms with Crippen LogP contribution in [-0.4, -0.2) is 47.6 Å². The number of amides is 1. The molecule has 0 saturated heterocycles. The second kappa shape index (κ2) is 6.99. The van der Waals surface area contributed by atoms with E-state index >= 15 is 0 Å². The molecule has 0 aliphatic heterocycles. The van der Waals surface area contributed by atoms with Gasteiger partial charge in [-0.15, -0.1) is 5.10 Å². The molecule has 0 bridgehead atoms. The molecule has 8 heteroatoms. The molecule has 0 aliphatic carbocycles. The average molecular weight is 361 g/mol. The van der Waals surface area contributed by atoms with Gasteiger partial charge in [-0.2, -0.15) is 0 Å². The number of imidazole rings is 1. The molecule has 0 unspecified atom stereocenters. The van der Waals surface area contributed by atoms with Crippen molar-refractivity contribution in [2.75, 3.05) is 7.05 Å². The zero-order chi connectivity index (χ0) is 18.8. The van der Waals surface area contributed by atoms with Crippen molar-refractivity contribution in [1.29, 1.82) is 0 Å². The van der Waals surface area contributed by atoms with E-state index in [0.29, 0.717) is 12.1 Å². The van der Waals surface area contributed by atoms with E-state index < -0.39 is 0 Å². The molecule has 1 amide bonds. The molecule has 4 rings (SSSR count). The van der Waals surface area contributed by atoms with Gasteiger partial charge >= 0.3 is 0 Å². The Hall–Kier alpha value is -3.55. The van der Waals surface area contributed by atoms with Crippen LogP contribution < -0.4 is 0 Å². The van der Waals surface area contributed by atoms with Crippen molar-refractivity contribution in [2.45, 2.75) is 20.0 Å². The normalized spacial score (nSPS) is 11.0. The van der Waals surface area contributed by atoms with Crippen molar-refractivity contribution in [1.82, 2.24) is 34.7 Å². The Morgan fingerprint density at radius 1 is 1.15 bits per heavy atom. The molecule has 2 aromatic carbocycles. The first-order chi connectivity index (χ1) is 13.2. The van der Waals surface area contributed by atoms with E-state index in [1.165, 1.54) is 11.0 Å². The first kappa shape index (κ1) is 16.9. The SMILES string of the molecule is CCn1c(CN(C)C(=O)c2cccc(-n3cnnn3)c2)nc2ccccc21. The number of aromatic nitrogens is 6. The van der Waals surface area contributed by atoms with Crippen LogP contribution in [0.4, 0.5) is 0 Å². The fourth-order valence-corrected chi connectivity index (χ4v) is 3.16. The first-order valence-corrected chi connectivity index (χ1v) is 8.70. The minimum Gasteiger partial charge on any atom is -0.334 e. The van der Waals surface area contributed by atoms with Gasteiger partial charge in [0.05, 0.1) is 23.3 Å². The summed E-state index contributed by atoms with van der Waals surface area (Å²) in [6, 6.07) is 15.2. The molecule has 4 aromatic rings. The summed E-state index contributed by atoms with van der Waals surface area (Å²) in [6.45, 7) is 3.30. The summed E-state index contributed by atoms with van der Waals surface area (Å²) in [5, 5.41) is 11.1. The molecule has 0 atom stereocenters. The van der Waals surface area contributed by atoms with Gasteiger partial charge in [-0.3, -0.25) is 4.79 Å². The summed E-state index contributed by atoms with van der Waals surface area (Å²) in [6.07, 6.45) is 1.50. The van der Waals surface area contributed by atoms with E-state index in [4.69, 9.17) is 4.98 Å². The second-order valence-corrected chi connectivity index (χ2v) is 6.23. The highest BCUT2D eigenvalue weighted by Gasteiger charge is 2.17. The topological polar surface area (TPSA) is 81.7 Å².